The Balaban J connectivity index is 1.83. The van der Waals surface area contributed by atoms with Crippen LogP contribution in [0.2, 0.25) is 0 Å². The van der Waals surface area contributed by atoms with Crippen LogP contribution in [0.25, 0.3) is 0 Å². The molecule has 0 aromatic heterocycles. The number of rotatable bonds is 4. The lowest BCUT2D eigenvalue weighted by molar-refractivity contribution is 0.181. The van der Waals surface area contributed by atoms with E-state index in [1.165, 1.54) is 51.4 Å². The fourth-order valence-electron chi connectivity index (χ4n) is 3.66. The van der Waals surface area contributed by atoms with Crippen LogP contribution in [-0.4, -0.2) is 56.6 Å². The minimum Gasteiger partial charge on any atom is -0.303 e. The summed E-state index contributed by atoms with van der Waals surface area (Å²) in [7, 11) is -3.00. The maximum atomic E-state index is 11.7. The smallest absolute Gasteiger partial charge is 0.211 e. The average Bonchev–Trinajstić information content (AvgIpc) is 2.63. The van der Waals surface area contributed by atoms with Gasteiger partial charge >= 0.3 is 0 Å². The molecule has 0 unspecified atom stereocenters. The molecule has 0 aliphatic carbocycles. The number of hydrogen-bond donors (Lipinski definition) is 0. The molecule has 2 rings (SSSR count). The van der Waals surface area contributed by atoms with Gasteiger partial charge in [0.2, 0.25) is 10.0 Å². The lowest BCUT2D eigenvalue weighted by Crippen LogP contribution is -2.43. The van der Waals surface area contributed by atoms with Crippen molar-refractivity contribution in [3.05, 3.63) is 0 Å². The number of nitrogens with zero attached hydrogens (tertiary/aromatic N) is 2. The molecule has 2 fully saturated rings. The zero-order valence-corrected chi connectivity index (χ0v) is 13.9. The largest absolute Gasteiger partial charge is 0.303 e. The van der Waals surface area contributed by atoms with Gasteiger partial charge in [0.1, 0.15) is 0 Å². The summed E-state index contributed by atoms with van der Waals surface area (Å²) in [4.78, 5) is 2.58. The van der Waals surface area contributed by atoms with Gasteiger partial charge in [-0.3, -0.25) is 0 Å². The van der Waals surface area contributed by atoms with Crippen LogP contribution in [0.1, 0.15) is 45.4 Å². The Bertz CT molecular complexity index is 397. The normalized spacial score (nSPS) is 31.1. The summed E-state index contributed by atoms with van der Waals surface area (Å²) in [5, 5.41) is 0. The van der Waals surface area contributed by atoms with Crippen molar-refractivity contribution in [2.75, 3.05) is 39.0 Å². The van der Waals surface area contributed by atoms with Gasteiger partial charge in [0.15, 0.2) is 0 Å². The zero-order chi connectivity index (χ0) is 14.6. The fourth-order valence-corrected chi connectivity index (χ4v) is 4.60. The Labute approximate surface area is 124 Å². The Morgan fingerprint density at radius 2 is 1.70 bits per heavy atom. The summed E-state index contributed by atoms with van der Waals surface area (Å²) < 4.78 is 25.0. The van der Waals surface area contributed by atoms with E-state index in [1.807, 2.05) is 0 Å². The summed E-state index contributed by atoms with van der Waals surface area (Å²) in [6, 6.07) is 0. The second kappa shape index (κ2) is 7.23. The molecule has 4 nitrogen and oxygen atoms in total. The van der Waals surface area contributed by atoms with Crippen LogP contribution >= 0.6 is 0 Å². The molecule has 2 atom stereocenters. The highest BCUT2D eigenvalue weighted by Crippen LogP contribution is 2.24. The predicted octanol–water partition coefficient (Wildman–Crippen LogP) is 2.17. The van der Waals surface area contributed by atoms with Crippen molar-refractivity contribution in [1.29, 1.82) is 0 Å². The number of piperidine rings is 1. The summed E-state index contributed by atoms with van der Waals surface area (Å²) in [5.41, 5.74) is 0. The second-order valence-corrected chi connectivity index (χ2v) is 8.62. The third-order valence-electron chi connectivity index (χ3n) is 4.98. The maximum Gasteiger partial charge on any atom is 0.211 e. The first-order valence-electron chi connectivity index (χ1n) is 8.16. The van der Waals surface area contributed by atoms with Gasteiger partial charge in [0, 0.05) is 19.6 Å². The lowest BCUT2D eigenvalue weighted by Gasteiger charge is -2.34. The molecule has 20 heavy (non-hydrogen) atoms. The summed E-state index contributed by atoms with van der Waals surface area (Å²) in [6.07, 6.45) is 8.84. The third kappa shape index (κ3) is 4.71. The highest BCUT2D eigenvalue weighted by Gasteiger charge is 2.27. The van der Waals surface area contributed by atoms with E-state index >= 15 is 0 Å². The van der Waals surface area contributed by atoms with Gasteiger partial charge in [-0.15, -0.1) is 0 Å². The molecule has 0 spiro atoms. The fraction of sp³-hybridized carbons (Fsp3) is 1.00. The van der Waals surface area contributed by atoms with E-state index in [1.54, 1.807) is 4.31 Å². The van der Waals surface area contributed by atoms with Crippen LogP contribution in [0.3, 0.4) is 0 Å². The maximum absolute atomic E-state index is 11.7. The van der Waals surface area contributed by atoms with E-state index in [4.69, 9.17) is 0 Å². The molecule has 2 aliphatic heterocycles. The van der Waals surface area contributed by atoms with Gasteiger partial charge in [-0.2, -0.15) is 0 Å². The van der Waals surface area contributed by atoms with Gasteiger partial charge < -0.3 is 4.90 Å². The van der Waals surface area contributed by atoms with E-state index < -0.39 is 10.0 Å². The first-order chi connectivity index (χ1) is 9.49. The quantitative estimate of drug-likeness (QED) is 0.799. The average molecular weight is 302 g/mol. The van der Waals surface area contributed by atoms with Crippen LogP contribution in [0.4, 0.5) is 0 Å². The Kier molecular flexibility index (Phi) is 5.87. The third-order valence-corrected chi connectivity index (χ3v) is 6.25. The predicted molar refractivity (Wildman–Crippen MR) is 83.2 cm³/mol. The molecular weight excluding hydrogens is 272 g/mol. The molecule has 0 bridgehead atoms. The second-order valence-electron chi connectivity index (χ2n) is 6.64. The summed E-state index contributed by atoms with van der Waals surface area (Å²) in [5.74, 6) is 1.43. The number of sulfonamides is 1. The summed E-state index contributed by atoms with van der Waals surface area (Å²) >= 11 is 0. The SMILES string of the molecule is CC[C@H]1CCCN(C[C@H]2CCCN(S(C)(=O)=O)C2)CC1. The van der Waals surface area contributed by atoms with Gasteiger partial charge in [0.05, 0.1) is 6.26 Å². The topological polar surface area (TPSA) is 40.6 Å². The monoisotopic (exact) mass is 302 g/mol. The standard InChI is InChI=1S/C15H30N2O2S/c1-3-14-6-4-9-16(11-8-14)12-15-7-5-10-17(13-15)20(2,18)19/h14-15H,3-13H2,1-2H3/t14-,15+/m0/s1. The Hall–Kier alpha value is -0.130. The highest BCUT2D eigenvalue weighted by molar-refractivity contribution is 7.88. The zero-order valence-electron chi connectivity index (χ0n) is 13.1. The van der Waals surface area contributed by atoms with E-state index in [0.717, 1.165) is 25.4 Å². The molecule has 2 saturated heterocycles. The van der Waals surface area contributed by atoms with Crippen molar-refractivity contribution < 1.29 is 8.42 Å². The van der Waals surface area contributed by atoms with Gasteiger partial charge in [-0.1, -0.05) is 13.3 Å². The molecule has 0 N–H and O–H groups in total. The highest BCUT2D eigenvalue weighted by atomic mass is 32.2. The van der Waals surface area contributed by atoms with Crippen LogP contribution in [0.5, 0.6) is 0 Å². The van der Waals surface area contributed by atoms with Crippen molar-refractivity contribution in [2.24, 2.45) is 11.8 Å². The molecule has 2 aliphatic rings. The Morgan fingerprint density at radius 3 is 2.40 bits per heavy atom. The number of hydrogen-bond acceptors (Lipinski definition) is 3. The first-order valence-corrected chi connectivity index (χ1v) is 10.0. The Morgan fingerprint density at radius 1 is 1.00 bits per heavy atom. The van der Waals surface area contributed by atoms with E-state index in [0.29, 0.717) is 12.5 Å². The van der Waals surface area contributed by atoms with Crippen molar-refractivity contribution in [3.8, 4) is 0 Å². The molecule has 2 heterocycles. The van der Waals surface area contributed by atoms with Crippen LogP contribution < -0.4 is 0 Å². The van der Waals surface area contributed by atoms with E-state index in [-0.39, 0.29) is 0 Å². The van der Waals surface area contributed by atoms with E-state index in [2.05, 4.69) is 11.8 Å². The minimum atomic E-state index is -3.00. The molecule has 0 aromatic carbocycles. The van der Waals surface area contributed by atoms with Crippen LogP contribution in [-0.2, 0) is 10.0 Å². The molecule has 0 aromatic rings. The van der Waals surface area contributed by atoms with Crippen molar-refractivity contribution >= 4 is 10.0 Å². The number of likely N-dealkylation sites (tertiary alicyclic amines) is 1. The first kappa shape index (κ1) is 16.2. The minimum absolute atomic E-state index is 0.525. The molecule has 118 valence electrons. The summed E-state index contributed by atoms with van der Waals surface area (Å²) in [6.45, 7) is 7.23. The molecule has 0 saturated carbocycles. The molecule has 5 heteroatoms. The van der Waals surface area contributed by atoms with Gasteiger partial charge in [-0.05, 0) is 57.0 Å². The van der Waals surface area contributed by atoms with Gasteiger partial charge in [0.25, 0.3) is 0 Å². The van der Waals surface area contributed by atoms with Gasteiger partial charge in [-0.25, -0.2) is 12.7 Å². The van der Waals surface area contributed by atoms with E-state index in [9.17, 15) is 8.42 Å². The molecular formula is C15H30N2O2S. The molecule has 0 amide bonds. The van der Waals surface area contributed by atoms with Crippen LogP contribution in [0.15, 0.2) is 0 Å². The van der Waals surface area contributed by atoms with Crippen molar-refractivity contribution in [3.63, 3.8) is 0 Å². The van der Waals surface area contributed by atoms with Crippen LogP contribution in [0, 0.1) is 11.8 Å². The van der Waals surface area contributed by atoms with Crippen molar-refractivity contribution in [1.82, 2.24) is 9.21 Å². The van der Waals surface area contributed by atoms with Crippen molar-refractivity contribution in [2.45, 2.75) is 45.4 Å². The molecule has 0 radical (unpaired) electrons. The lowest BCUT2D eigenvalue weighted by atomic mass is 9.98.